The molecule has 0 unspecified atom stereocenters. The second-order valence-electron chi connectivity index (χ2n) is 4.49. The highest BCUT2D eigenvalue weighted by molar-refractivity contribution is 6.83. The first kappa shape index (κ1) is 12.5. The second kappa shape index (κ2) is 5.52. The lowest BCUT2D eigenvalue weighted by atomic mass is 10.2. The van der Waals surface area contributed by atoms with E-state index < -0.39 is 8.07 Å². The van der Waals surface area contributed by atoms with Crippen LogP contribution in [0.2, 0.25) is 19.6 Å². The highest BCUT2D eigenvalue weighted by Crippen LogP contribution is 2.00. The fraction of sp³-hybridized carbons (Fsp3) is 0.308. The van der Waals surface area contributed by atoms with Gasteiger partial charge in [0.2, 0.25) is 0 Å². The minimum Gasteiger partial charge on any atom is -0.449 e. The molecule has 1 rings (SSSR count). The predicted octanol–water partition coefficient (Wildman–Crippen LogP) is 2.72. The Morgan fingerprint density at radius 1 is 1.25 bits per heavy atom. The molecule has 0 aliphatic rings. The quantitative estimate of drug-likeness (QED) is 0.445. The molecule has 0 spiro atoms. The third-order valence-electron chi connectivity index (χ3n) is 1.75. The fourth-order valence-electron chi connectivity index (χ4n) is 1.06. The van der Waals surface area contributed by atoms with Gasteiger partial charge in [0.25, 0.3) is 0 Å². The minimum absolute atomic E-state index is 0.179. The Bertz CT molecular complexity index is 407. The summed E-state index contributed by atoms with van der Waals surface area (Å²) in [4.78, 5) is 11.5. The average Bonchev–Trinajstić information content (AvgIpc) is 2.24. The zero-order chi connectivity index (χ0) is 12.0. The molecule has 0 aliphatic heterocycles. The van der Waals surface area contributed by atoms with Crippen LogP contribution in [0.15, 0.2) is 30.3 Å². The van der Waals surface area contributed by atoms with Gasteiger partial charge < -0.3 is 4.74 Å². The zero-order valence-corrected chi connectivity index (χ0v) is 10.9. The van der Waals surface area contributed by atoms with Gasteiger partial charge in [-0.05, 0) is 12.1 Å². The lowest BCUT2D eigenvalue weighted by molar-refractivity contribution is 0.0556. The molecule has 0 saturated carbocycles. The van der Waals surface area contributed by atoms with Crippen LogP contribution in [-0.2, 0) is 4.74 Å². The average molecular weight is 232 g/mol. The van der Waals surface area contributed by atoms with Crippen LogP contribution in [0, 0.1) is 11.5 Å². The molecule has 0 heterocycles. The van der Waals surface area contributed by atoms with E-state index in [-0.39, 0.29) is 12.6 Å². The molecule has 1 aromatic carbocycles. The Morgan fingerprint density at radius 2 is 1.88 bits per heavy atom. The van der Waals surface area contributed by atoms with Gasteiger partial charge >= 0.3 is 5.97 Å². The summed E-state index contributed by atoms with van der Waals surface area (Å²) < 4.78 is 5.03. The van der Waals surface area contributed by atoms with Gasteiger partial charge in [-0.1, -0.05) is 43.8 Å². The van der Waals surface area contributed by atoms with Gasteiger partial charge in [-0.2, -0.15) is 0 Å². The van der Waals surface area contributed by atoms with Crippen molar-refractivity contribution in [3.63, 3.8) is 0 Å². The van der Waals surface area contributed by atoms with Crippen molar-refractivity contribution in [2.75, 3.05) is 6.61 Å². The zero-order valence-electron chi connectivity index (χ0n) is 9.91. The molecule has 0 atom stereocenters. The van der Waals surface area contributed by atoms with Crippen molar-refractivity contribution in [3.8, 4) is 11.5 Å². The van der Waals surface area contributed by atoms with Crippen LogP contribution in [0.4, 0.5) is 0 Å². The van der Waals surface area contributed by atoms with Crippen LogP contribution in [0.5, 0.6) is 0 Å². The Hall–Kier alpha value is -1.53. The summed E-state index contributed by atoms with van der Waals surface area (Å²) in [5.74, 6) is 2.58. The Morgan fingerprint density at radius 3 is 2.44 bits per heavy atom. The fourth-order valence-corrected chi connectivity index (χ4v) is 1.66. The molecule has 0 saturated heterocycles. The lowest BCUT2D eigenvalue weighted by Crippen LogP contribution is -2.17. The number of hydrogen-bond acceptors (Lipinski definition) is 2. The summed E-state index contributed by atoms with van der Waals surface area (Å²) in [7, 11) is -1.36. The third-order valence-corrected chi connectivity index (χ3v) is 2.68. The molecule has 84 valence electrons. The summed E-state index contributed by atoms with van der Waals surface area (Å²) in [6.45, 7) is 6.63. The smallest absolute Gasteiger partial charge is 0.339 e. The molecule has 0 amide bonds. The normalized spacial score (nSPS) is 10.2. The molecule has 1 aromatic rings. The van der Waals surface area contributed by atoms with Crippen LogP contribution in [0.3, 0.4) is 0 Å². The Labute approximate surface area is 97.6 Å². The van der Waals surface area contributed by atoms with Crippen molar-refractivity contribution in [1.29, 1.82) is 0 Å². The van der Waals surface area contributed by atoms with Crippen molar-refractivity contribution in [2.45, 2.75) is 19.6 Å². The first-order valence-corrected chi connectivity index (χ1v) is 8.71. The maximum absolute atomic E-state index is 11.5. The second-order valence-corrected chi connectivity index (χ2v) is 9.24. The Balaban J connectivity index is 2.45. The van der Waals surface area contributed by atoms with Crippen LogP contribution < -0.4 is 0 Å². The number of carbonyl (C=O) groups is 1. The maximum atomic E-state index is 11.5. The number of hydrogen-bond donors (Lipinski definition) is 0. The maximum Gasteiger partial charge on any atom is 0.339 e. The minimum atomic E-state index is -1.36. The summed E-state index contributed by atoms with van der Waals surface area (Å²) in [5.41, 5.74) is 3.71. The summed E-state index contributed by atoms with van der Waals surface area (Å²) in [6.07, 6.45) is 0. The molecule has 0 bridgehead atoms. The number of esters is 1. The number of carbonyl (C=O) groups excluding carboxylic acids is 1. The molecule has 0 radical (unpaired) electrons. The summed E-state index contributed by atoms with van der Waals surface area (Å²) in [6, 6.07) is 8.94. The van der Waals surface area contributed by atoms with E-state index in [1.165, 1.54) is 0 Å². The van der Waals surface area contributed by atoms with Crippen molar-refractivity contribution in [1.82, 2.24) is 0 Å². The van der Waals surface area contributed by atoms with E-state index in [4.69, 9.17) is 4.74 Å². The molecular weight excluding hydrogens is 216 g/mol. The third kappa shape index (κ3) is 4.81. The number of benzene rings is 1. The SMILES string of the molecule is C[Si](C)(C)C#CCOC(=O)c1ccccc1. The molecule has 0 fully saturated rings. The first-order valence-electron chi connectivity index (χ1n) is 5.21. The van der Waals surface area contributed by atoms with Gasteiger partial charge in [0, 0.05) is 0 Å². The molecule has 0 N–H and O–H groups in total. The predicted molar refractivity (Wildman–Crippen MR) is 67.8 cm³/mol. The van der Waals surface area contributed by atoms with Gasteiger partial charge in [0.05, 0.1) is 5.56 Å². The van der Waals surface area contributed by atoms with E-state index in [1.54, 1.807) is 12.1 Å². The highest BCUT2D eigenvalue weighted by atomic mass is 28.3. The standard InChI is InChI=1S/C13H16O2Si/c1-16(2,3)11-7-10-15-13(14)12-8-5-4-6-9-12/h4-6,8-9H,10H2,1-3H3. The lowest BCUT2D eigenvalue weighted by Gasteiger charge is -2.04. The Kier molecular flexibility index (Phi) is 4.33. The first-order chi connectivity index (χ1) is 7.49. The summed E-state index contributed by atoms with van der Waals surface area (Å²) >= 11 is 0. The topological polar surface area (TPSA) is 26.3 Å². The van der Waals surface area contributed by atoms with Crippen LogP contribution >= 0.6 is 0 Å². The van der Waals surface area contributed by atoms with Gasteiger partial charge in [0.1, 0.15) is 8.07 Å². The number of ether oxygens (including phenoxy) is 1. The molecule has 3 heteroatoms. The van der Waals surface area contributed by atoms with Gasteiger partial charge in [-0.15, -0.1) is 5.54 Å². The van der Waals surface area contributed by atoms with Crippen molar-refractivity contribution >= 4 is 14.0 Å². The van der Waals surface area contributed by atoms with Crippen molar-refractivity contribution in [2.24, 2.45) is 0 Å². The van der Waals surface area contributed by atoms with Gasteiger partial charge in [0.15, 0.2) is 6.61 Å². The summed E-state index contributed by atoms with van der Waals surface area (Å²) in [5, 5.41) is 0. The highest BCUT2D eigenvalue weighted by Gasteiger charge is 2.08. The van der Waals surface area contributed by atoms with Crippen molar-refractivity contribution in [3.05, 3.63) is 35.9 Å². The molecule has 0 aromatic heterocycles. The monoisotopic (exact) mass is 232 g/mol. The van der Waals surface area contributed by atoms with E-state index in [2.05, 4.69) is 31.1 Å². The van der Waals surface area contributed by atoms with Crippen LogP contribution in [0.1, 0.15) is 10.4 Å². The molecule has 2 nitrogen and oxygen atoms in total. The van der Waals surface area contributed by atoms with E-state index in [1.807, 2.05) is 18.2 Å². The largest absolute Gasteiger partial charge is 0.449 e. The van der Waals surface area contributed by atoms with Crippen LogP contribution in [-0.4, -0.2) is 20.7 Å². The molecule has 0 aliphatic carbocycles. The van der Waals surface area contributed by atoms with E-state index >= 15 is 0 Å². The van der Waals surface area contributed by atoms with Gasteiger partial charge in [-0.25, -0.2) is 4.79 Å². The molecule has 16 heavy (non-hydrogen) atoms. The molecular formula is C13H16O2Si. The van der Waals surface area contributed by atoms with E-state index in [9.17, 15) is 4.79 Å². The van der Waals surface area contributed by atoms with Gasteiger partial charge in [-0.3, -0.25) is 0 Å². The van der Waals surface area contributed by atoms with E-state index in [0.29, 0.717) is 5.56 Å². The van der Waals surface area contributed by atoms with E-state index in [0.717, 1.165) is 0 Å². The van der Waals surface area contributed by atoms with Crippen LogP contribution in [0.25, 0.3) is 0 Å². The number of rotatable bonds is 2. The van der Waals surface area contributed by atoms with Crippen molar-refractivity contribution < 1.29 is 9.53 Å².